The topological polar surface area (TPSA) is 108 Å². The summed E-state index contributed by atoms with van der Waals surface area (Å²) in [7, 11) is -4.38. The van der Waals surface area contributed by atoms with E-state index in [-0.39, 0.29) is 31.9 Å². The van der Waals surface area contributed by atoms with E-state index >= 15 is 0 Å². The molecule has 0 radical (unpaired) electrons. The molecule has 0 bridgehead atoms. The molecule has 0 heterocycles. The van der Waals surface area contributed by atoms with Crippen molar-refractivity contribution in [2.45, 2.75) is 200 Å². The molecule has 0 rings (SSSR count). The van der Waals surface area contributed by atoms with E-state index in [1.54, 1.807) is 0 Å². The fraction of sp³-hybridized carbons (Fsp3) is 0.854. The largest absolute Gasteiger partial charge is 0.472 e. The minimum atomic E-state index is -4.38. The number of unbranched alkanes of at least 4 members (excludes halogenated alkanes) is 22. The van der Waals surface area contributed by atoms with Crippen LogP contribution >= 0.6 is 19.4 Å². The van der Waals surface area contributed by atoms with Crippen molar-refractivity contribution in [1.29, 1.82) is 0 Å². The van der Waals surface area contributed by atoms with Crippen LogP contribution in [0.4, 0.5) is 0 Å². The zero-order valence-electron chi connectivity index (χ0n) is 32.6. The first-order valence-corrected chi connectivity index (χ1v) is 22.7. The predicted octanol–water partition coefficient (Wildman–Crippen LogP) is 12.9. The van der Waals surface area contributed by atoms with Crippen molar-refractivity contribution in [3.05, 3.63) is 24.3 Å². The molecular formula is C41H76ClO8P. The minimum absolute atomic E-state index is 0.0241. The lowest BCUT2D eigenvalue weighted by Crippen LogP contribution is -2.29. The van der Waals surface area contributed by atoms with Crippen LogP contribution in [0.5, 0.6) is 0 Å². The molecule has 0 aliphatic heterocycles. The van der Waals surface area contributed by atoms with Crippen LogP contribution in [0, 0.1) is 0 Å². The molecule has 300 valence electrons. The molecule has 0 spiro atoms. The number of phosphoric ester groups is 1. The highest BCUT2D eigenvalue weighted by atomic mass is 35.5. The second-order valence-corrected chi connectivity index (χ2v) is 15.6. The molecule has 0 fully saturated rings. The first kappa shape index (κ1) is 49.8. The van der Waals surface area contributed by atoms with Gasteiger partial charge in [-0.15, -0.1) is 11.6 Å². The van der Waals surface area contributed by atoms with Gasteiger partial charge in [0.15, 0.2) is 6.10 Å². The van der Waals surface area contributed by atoms with Gasteiger partial charge in [-0.25, -0.2) is 4.57 Å². The minimum Gasteiger partial charge on any atom is -0.462 e. The van der Waals surface area contributed by atoms with Gasteiger partial charge in [-0.3, -0.25) is 18.6 Å². The number of carbonyl (C=O) groups excluding carboxylic acids is 2. The van der Waals surface area contributed by atoms with Crippen LogP contribution in [0.2, 0.25) is 0 Å². The molecule has 8 nitrogen and oxygen atoms in total. The highest BCUT2D eigenvalue weighted by Gasteiger charge is 2.26. The summed E-state index contributed by atoms with van der Waals surface area (Å²) in [4.78, 5) is 34.8. The fourth-order valence-electron chi connectivity index (χ4n) is 5.66. The van der Waals surface area contributed by atoms with E-state index in [0.717, 1.165) is 70.6 Å². The summed E-state index contributed by atoms with van der Waals surface area (Å²) < 4.78 is 32.7. The van der Waals surface area contributed by atoms with E-state index in [2.05, 4.69) is 38.2 Å². The van der Waals surface area contributed by atoms with E-state index in [1.807, 2.05) is 0 Å². The van der Waals surface area contributed by atoms with Crippen molar-refractivity contribution in [3.63, 3.8) is 0 Å². The van der Waals surface area contributed by atoms with E-state index in [0.29, 0.717) is 6.42 Å². The highest BCUT2D eigenvalue weighted by Crippen LogP contribution is 2.43. The summed E-state index contributed by atoms with van der Waals surface area (Å²) in [5.74, 6) is -0.823. The van der Waals surface area contributed by atoms with Crippen molar-refractivity contribution in [3.8, 4) is 0 Å². The fourth-order valence-corrected chi connectivity index (χ4v) is 6.60. The number of phosphoric acid groups is 1. The smallest absolute Gasteiger partial charge is 0.462 e. The first-order valence-electron chi connectivity index (χ1n) is 20.7. The number of hydrogen-bond donors (Lipinski definition) is 1. The van der Waals surface area contributed by atoms with Gasteiger partial charge in [-0.2, -0.15) is 0 Å². The Balaban J connectivity index is 4.20. The number of alkyl halides is 1. The van der Waals surface area contributed by atoms with Gasteiger partial charge in [0.2, 0.25) is 0 Å². The van der Waals surface area contributed by atoms with Gasteiger partial charge in [0.25, 0.3) is 0 Å². The summed E-state index contributed by atoms with van der Waals surface area (Å²) in [6, 6.07) is 0. The molecule has 0 saturated carbocycles. The van der Waals surface area contributed by atoms with Gasteiger partial charge >= 0.3 is 19.8 Å². The maximum atomic E-state index is 12.5. The first-order chi connectivity index (χ1) is 24.8. The lowest BCUT2D eigenvalue weighted by molar-refractivity contribution is -0.161. The SMILES string of the molecule is CCCCCCCC/C=C\CCCCCCCC(=O)OC[C@@H](COP(=O)(O)OCCCl)OC(=O)CCCCCCC/C=C\CCCCCCCC. The monoisotopic (exact) mass is 762 g/mol. The molecular weight excluding hydrogens is 687 g/mol. The summed E-state index contributed by atoms with van der Waals surface area (Å²) in [6.07, 6.45) is 39.1. The normalized spacial score (nSPS) is 13.6. The quantitative estimate of drug-likeness (QED) is 0.0217. The highest BCUT2D eigenvalue weighted by molar-refractivity contribution is 7.47. The number of hydrogen-bond acceptors (Lipinski definition) is 7. The van der Waals surface area contributed by atoms with Gasteiger partial charge in [-0.05, 0) is 64.2 Å². The Bertz CT molecular complexity index is 897. The van der Waals surface area contributed by atoms with Crippen molar-refractivity contribution >= 4 is 31.4 Å². The molecule has 2 atom stereocenters. The van der Waals surface area contributed by atoms with E-state index < -0.39 is 32.5 Å². The number of halogens is 1. The third-order valence-electron chi connectivity index (χ3n) is 8.77. The summed E-state index contributed by atoms with van der Waals surface area (Å²) in [5, 5.41) is 0. The van der Waals surface area contributed by atoms with Crippen LogP contribution < -0.4 is 0 Å². The van der Waals surface area contributed by atoms with Gasteiger partial charge in [0.1, 0.15) is 6.61 Å². The molecule has 0 aliphatic rings. The van der Waals surface area contributed by atoms with Crippen molar-refractivity contribution in [2.24, 2.45) is 0 Å². The molecule has 0 aromatic heterocycles. The second-order valence-electron chi connectivity index (χ2n) is 13.7. The molecule has 0 aliphatic carbocycles. The molecule has 0 aromatic carbocycles. The molecule has 0 aromatic rings. The third-order valence-corrected chi connectivity index (χ3v) is 9.91. The third kappa shape index (κ3) is 38.4. The lowest BCUT2D eigenvalue weighted by Gasteiger charge is -2.19. The zero-order chi connectivity index (χ0) is 37.5. The Kier molecular flexibility index (Phi) is 37.6. The maximum Gasteiger partial charge on any atom is 0.472 e. The molecule has 51 heavy (non-hydrogen) atoms. The van der Waals surface area contributed by atoms with E-state index in [1.165, 1.54) is 89.9 Å². The van der Waals surface area contributed by atoms with Crippen LogP contribution in [0.3, 0.4) is 0 Å². The van der Waals surface area contributed by atoms with Crippen LogP contribution in [0.25, 0.3) is 0 Å². The van der Waals surface area contributed by atoms with Crippen LogP contribution in [-0.2, 0) is 32.7 Å². The van der Waals surface area contributed by atoms with Crippen LogP contribution in [0.15, 0.2) is 24.3 Å². The molecule has 1 unspecified atom stereocenters. The lowest BCUT2D eigenvalue weighted by atomic mass is 10.1. The Labute approximate surface area is 317 Å². The predicted molar refractivity (Wildman–Crippen MR) is 212 cm³/mol. The number of carbonyl (C=O) groups is 2. The summed E-state index contributed by atoms with van der Waals surface area (Å²) in [5.41, 5.74) is 0. The Morgan fingerprint density at radius 3 is 1.39 bits per heavy atom. The molecule has 1 N–H and O–H groups in total. The molecule has 10 heteroatoms. The summed E-state index contributed by atoms with van der Waals surface area (Å²) in [6.45, 7) is 3.64. The van der Waals surface area contributed by atoms with E-state index in [9.17, 15) is 19.0 Å². The van der Waals surface area contributed by atoms with Crippen molar-refractivity contribution < 1.29 is 37.6 Å². The second kappa shape index (κ2) is 38.5. The molecule has 0 amide bonds. The average Bonchev–Trinajstić information content (AvgIpc) is 3.11. The van der Waals surface area contributed by atoms with E-state index in [4.69, 9.17) is 30.1 Å². The Morgan fingerprint density at radius 2 is 0.961 bits per heavy atom. The molecule has 0 saturated heterocycles. The Morgan fingerprint density at radius 1 is 0.569 bits per heavy atom. The standard InChI is InChI=1S/C41H76ClO8P/c1-3-5-7-9-11-13-15-17-19-21-23-25-27-29-31-33-40(43)47-37-39(38-49-51(45,46)48-36-35-42)50-41(44)34-32-30-28-26-24-22-20-18-16-14-12-10-8-6-4-2/h17-20,39H,3-16,21-38H2,1-2H3,(H,45,46)/b19-17-,20-18-/t39-/m0/s1. The van der Waals surface area contributed by atoms with Gasteiger partial charge in [0, 0.05) is 18.7 Å². The van der Waals surface area contributed by atoms with Crippen molar-refractivity contribution in [1.82, 2.24) is 0 Å². The number of rotatable bonds is 39. The summed E-state index contributed by atoms with van der Waals surface area (Å²) >= 11 is 5.53. The van der Waals surface area contributed by atoms with Crippen LogP contribution in [-0.4, -0.2) is 48.6 Å². The number of allylic oxidation sites excluding steroid dienone is 4. The van der Waals surface area contributed by atoms with Gasteiger partial charge < -0.3 is 14.4 Å². The number of esters is 2. The van der Waals surface area contributed by atoms with Crippen molar-refractivity contribution in [2.75, 3.05) is 25.7 Å². The average molecular weight is 763 g/mol. The zero-order valence-corrected chi connectivity index (χ0v) is 34.3. The van der Waals surface area contributed by atoms with Crippen LogP contribution in [0.1, 0.15) is 194 Å². The maximum absolute atomic E-state index is 12.5. The van der Waals surface area contributed by atoms with Gasteiger partial charge in [-0.1, -0.05) is 141 Å². The van der Waals surface area contributed by atoms with Gasteiger partial charge in [0.05, 0.1) is 13.2 Å². The Hall–Kier alpha value is -1.18. The number of ether oxygens (including phenoxy) is 2.